The Labute approximate surface area is 116 Å². The first-order valence-electron chi connectivity index (χ1n) is 5.98. The molecule has 3 N–H and O–H groups in total. The maximum atomic E-state index is 12.1. The molecule has 1 atom stereocenters. The summed E-state index contributed by atoms with van der Waals surface area (Å²) in [5.41, 5.74) is 6.57. The van der Waals surface area contributed by atoms with E-state index in [0.29, 0.717) is 22.8 Å². The van der Waals surface area contributed by atoms with Crippen LogP contribution in [0.3, 0.4) is 0 Å². The molecular weight excluding hydrogens is 268 g/mol. The second-order valence-corrected chi connectivity index (χ2v) is 6.85. The molecule has 0 aromatic heterocycles. The highest BCUT2D eigenvalue weighted by molar-refractivity contribution is 8.00. The minimum atomic E-state index is -0.152. The Kier molecular flexibility index (Phi) is 4.07. The van der Waals surface area contributed by atoms with E-state index < -0.39 is 0 Å². The molecule has 18 heavy (non-hydrogen) atoms. The molecule has 98 valence electrons. The maximum Gasteiger partial charge on any atom is 0.252 e. The van der Waals surface area contributed by atoms with Crippen LogP contribution in [0.5, 0.6) is 0 Å². The van der Waals surface area contributed by atoms with Crippen molar-refractivity contribution in [2.45, 2.75) is 24.5 Å². The first-order chi connectivity index (χ1) is 8.52. The molecule has 1 fully saturated rings. The van der Waals surface area contributed by atoms with E-state index in [4.69, 9.17) is 17.3 Å². The Morgan fingerprint density at radius 3 is 3.06 bits per heavy atom. The van der Waals surface area contributed by atoms with E-state index in [-0.39, 0.29) is 10.7 Å². The topological polar surface area (TPSA) is 55.1 Å². The Hall–Kier alpha value is -0.870. The number of rotatable bonds is 3. The Bertz CT molecular complexity index is 458. The Balaban J connectivity index is 2.01. The molecule has 1 aliphatic rings. The Morgan fingerprint density at radius 1 is 1.61 bits per heavy atom. The number of hydrogen-bond acceptors (Lipinski definition) is 3. The molecule has 1 aromatic rings. The fourth-order valence-electron chi connectivity index (χ4n) is 2.06. The van der Waals surface area contributed by atoms with E-state index in [1.807, 2.05) is 11.8 Å². The lowest BCUT2D eigenvalue weighted by molar-refractivity contribution is 0.0950. The van der Waals surface area contributed by atoms with Crippen molar-refractivity contribution in [2.75, 3.05) is 18.0 Å². The van der Waals surface area contributed by atoms with Crippen LogP contribution in [-0.2, 0) is 0 Å². The molecule has 1 heterocycles. The minimum Gasteiger partial charge on any atom is -0.398 e. The van der Waals surface area contributed by atoms with Crippen LogP contribution in [-0.4, -0.2) is 23.0 Å². The minimum absolute atomic E-state index is 0.152. The van der Waals surface area contributed by atoms with Crippen molar-refractivity contribution in [2.24, 2.45) is 0 Å². The molecule has 2 rings (SSSR count). The number of amides is 1. The molecule has 1 aliphatic heterocycles. The molecule has 3 nitrogen and oxygen atoms in total. The lowest BCUT2D eigenvalue weighted by Gasteiger charge is -2.23. The summed E-state index contributed by atoms with van der Waals surface area (Å²) < 4.78 is 0.155. The highest BCUT2D eigenvalue weighted by atomic mass is 35.5. The molecular formula is C13H17ClN2OS. The van der Waals surface area contributed by atoms with Gasteiger partial charge in [-0.25, -0.2) is 0 Å². The van der Waals surface area contributed by atoms with E-state index in [1.165, 1.54) is 12.2 Å². The number of anilines is 1. The predicted octanol–water partition coefficient (Wildman–Crippen LogP) is 2.94. The molecule has 1 aromatic carbocycles. The van der Waals surface area contributed by atoms with E-state index in [0.717, 1.165) is 6.42 Å². The summed E-state index contributed by atoms with van der Waals surface area (Å²) in [5.74, 6) is 1.02. The number of halogens is 1. The van der Waals surface area contributed by atoms with Crippen molar-refractivity contribution in [1.29, 1.82) is 0 Å². The monoisotopic (exact) mass is 284 g/mol. The summed E-state index contributed by atoms with van der Waals surface area (Å²) >= 11 is 7.94. The fraction of sp³-hybridized carbons (Fsp3) is 0.462. The normalized spacial score (nSPS) is 23.0. The van der Waals surface area contributed by atoms with Crippen molar-refractivity contribution in [3.63, 3.8) is 0 Å². The first kappa shape index (κ1) is 13.6. The van der Waals surface area contributed by atoms with Crippen LogP contribution in [0.4, 0.5) is 5.69 Å². The molecule has 1 saturated heterocycles. The van der Waals surface area contributed by atoms with Crippen LogP contribution in [0.1, 0.15) is 30.1 Å². The van der Waals surface area contributed by atoms with Gasteiger partial charge in [-0.1, -0.05) is 17.7 Å². The summed E-state index contributed by atoms with van der Waals surface area (Å²) in [4.78, 5) is 12.1. The molecule has 1 amide bonds. The van der Waals surface area contributed by atoms with Gasteiger partial charge in [0, 0.05) is 11.3 Å². The number of nitrogens with two attached hydrogens (primary N) is 1. The first-order valence-corrected chi connectivity index (χ1v) is 7.34. The van der Waals surface area contributed by atoms with E-state index in [2.05, 4.69) is 12.2 Å². The lowest BCUT2D eigenvalue weighted by Crippen LogP contribution is -2.36. The van der Waals surface area contributed by atoms with Crippen molar-refractivity contribution in [3.05, 3.63) is 28.8 Å². The van der Waals surface area contributed by atoms with Gasteiger partial charge in [0.15, 0.2) is 0 Å². The van der Waals surface area contributed by atoms with E-state index >= 15 is 0 Å². The average molecular weight is 285 g/mol. The maximum absolute atomic E-state index is 12.1. The quantitative estimate of drug-likeness (QED) is 0.839. The van der Waals surface area contributed by atoms with Gasteiger partial charge in [-0.15, -0.1) is 0 Å². The third-order valence-corrected chi connectivity index (χ3v) is 5.16. The highest BCUT2D eigenvalue weighted by Crippen LogP contribution is 2.37. The van der Waals surface area contributed by atoms with Crippen LogP contribution in [0.15, 0.2) is 18.2 Å². The van der Waals surface area contributed by atoms with Crippen LogP contribution in [0.25, 0.3) is 0 Å². The number of thioether (sulfide) groups is 1. The van der Waals surface area contributed by atoms with Gasteiger partial charge in [0.05, 0.1) is 16.3 Å². The SMILES string of the molecule is CC1(CNC(=O)c2cccc(N)c2Cl)CCCS1. The standard InChI is InChI=1S/C13H17ClN2OS/c1-13(6-3-7-18-13)8-16-12(17)9-4-2-5-10(15)11(9)14/h2,4-5H,3,6-8,15H2,1H3,(H,16,17). The largest absolute Gasteiger partial charge is 0.398 e. The van der Waals surface area contributed by atoms with Crippen LogP contribution in [0, 0.1) is 0 Å². The van der Waals surface area contributed by atoms with Gasteiger partial charge in [-0.2, -0.15) is 11.8 Å². The van der Waals surface area contributed by atoms with Gasteiger partial charge < -0.3 is 11.1 Å². The molecule has 5 heteroatoms. The fourth-order valence-corrected chi connectivity index (χ4v) is 3.52. The van der Waals surface area contributed by atoms with Crippen LogP contribution < -0.4 is 11.1 Å². The summed E-state index contributed by atoms with van der Waals surface area (Å²) in [7, 11) is 0. The third-order valence-electron chi connectivity index (χ3n) is 3.20. The number of nitrogen functional groups attached to an aromatic ring is 1. The van der Waals surface area contributed by atoms with Crippen molar-refractivity contribution >= 4 is 35.0 Å². The Morgan fingerprint density at radius 2 is 2.39 bits per heavy atom. The summed E-state index contributed by atoms with van der Waals surface area (Å²) in [6.07, 6.45) is 2.36. The number of nitrogens with one attached hydrogen (secondary N) is 1. The summed E-state index contributed by atoms with van der Waals surface area (Å²) in [6.45, 7) is 2.85. The van der Waals surface area contributed by atoms with Gasteiger partial charge in [-0.3, -0.25) is 4.79 Å². The van der Waals surface area contributed by atoms with Crippen LogP contribution in [0.2, 0.25) is 5.02 Å². The summed E-state index contributed by atoms with van der Waals surface area (Å²) in [5, 5.41) is 3.28. The van der Waals surface area contributed by atoms with Crippen LogP contribution >= 0.6 is 23.4 Å². The molecule has 0 spiro atoms. The zero-order chi connectivity index (χ0) is 13.2. The van der Waals surface area contributed by atoms with Crippen molar-refractivity contribution < 1.29 is 4.79 Å². The zero-order valence-electron chi connectivity index (χ0n) is 10.3. The lowest BCUT2D eigenvalue weighted by atomic mass is 10.1. The number of carbonyl (C=O) groups is 1. The number of hydrogen-bond donors (Lipinski definition) is 2. The summed E-state index contributed by atoms with van der Waals surface area (Å²) in [6, 6.07) is 5.12. The van der Waals surface area contributed by atoms with Gasteiger partial charge in [0.2, 0.25) is 0 Å². The molecule has 1 unspecified atom stereocenters. The smallest absolute Gasteiger partial charge is 0.252 e. The third kappa shape index (κ3) is 2.93. The zero-order valence-corrected chi connectivity index (χ0v) is 11.9. The average Bonchev–Trinajstić information content (AvgIpc) is 2.77. The second kappa shape index (κ2) is 5.41. The number of benzene rings is 1. The van der Waals surface area contributed by atoms with Gasteiger partial charge >= 0.3 is 0 Å². The van der Waals surface area contributed by atoms with Crippen molar-refractivity contribution in [1.82, 2.24) is 5.32 Å². The van der Waals surface area contributed by atoms with Crippen molar-refractivity contribution in [3.8, 4) is 0 Å². The van der Waals surface area contributed by atoms with E-state index in [1.54, 1.807) is 18.2 Å². The molecule has 0 radical (unpaired) electrons. The number of carbonyl (C=O) groups excluding carboxylic acids is 1. The molecule has 0 aliphatic carbocycles. The van der Waals surface area contributed by atoms with Gasteiger partial charge in [0.1, 0.15) is 0 Å². The molecule has 0 saturated carbocycles. The van der Waals surface area contributed by atoms with Gasteiger partial charge in [0.25, 0.3) is 5.91 Å². The van der Waals surface area contributed by atoms with E-state index in [9.17, 15) is 4.79 Å². The highest BCUT2D eigenvalue weighted by Gasteiger charge is 2.30. The predicted molar refractivity (Wildman–Crippen MR) is 78.3 cm³/mol. The second-order valence-electron chi connectivity index (χ2n) is 4.79. The van der Waals surface area contributed by atoms with Gasteiger partial charge in [-0.05, 0) is 37.7 Å². The molecule has 0 bridgehead atoms.